The van der Waals surface area contributed by atoms with Crippen LogP contribution in [0.25, 0.3) is 0 Å². The van der Waals surface area contributed by atoms with Crippen molar-refractivity contribution < 1.29 is 28.8 Å². The van der Waals surface area contributed by atoms with Gasteiger partial charge in [0.05, 0.1) is 6.61 Å². The van der Waals surface area contributed by atoms with Gasteiger partial charge in [-0.3, -0.25) is 4.79 Å². The number of para-hydroxylation sites is 1. The topological polar surface area (TPSA) is 86.3 Å². The first-order valence-corrected chi connectivity index (χ1v) is 8.41. The third-order valence-corrected chi connectivity index (χ3v) is 4.39. The van der Waals surface area contributed by atoms with Crippen LogP contribution in [0.5, 0.6) is 5.75 Å². The number of carbonyl (C=O) groups is 1. The molecule has 0 aliphatic carbocycles. The van der Waals surface area contributed by atoms with Gasteiger partial charge in [-0.05, 0) is 32.4 Å². The molecule has 2 aliphatic rings. The Bertz CT molecular complexity index is 634. The van der Waals surface area contributed by atoms with Gasteiger partial charge in [0.15, 0.2) is 5.79 Å². The number of fused-ring (bicyclic) bond motifs is 1. The molecule has 5 atom stereocenters. The maximum Gasteiger partial charge on any atom is 0.223 e. The molecule has 138 valence electrons. The van der Waals surface area contributed by atoms with Crippen molar-refractivity contribution in [2.75, 3.05) is 6.61 Å². The van der Waals surface area contributed by atoms with Gasteiger partial charge >= 0.3 is 0 Å². The Kier molecular flexibility index (Phi) is 5.02. The molecule has 2 N–H and O–H groups in total. The number of hydrogen-bond acceptors (Lipinski definition) is 6. The Morgan fingerprint density at radius 3 is 2.76 bits per heavy atom. The van der Waals surface area contributed by atoms with Crippen LogP contribution in [0, 0.1) is 6.92 Å². The number of nitrogens with one attached hydrogen (secondary N) is 1. The van der Waals surface area contributed by atoms with E-state index in [4.69, 9.17) is 18.9 Å². The standard InChI is InChI=1S/C18H25NO6/c1-10-7-5-6-8-12(10)23-17-14(19-11(2)20)15(21)16-13(24-17)9-22-18(3,4)25-16/h5-8,13-17,21H,9H2,1-4H3,(H,19,20). The molecule has 1 aromatic rings. The fourth-order valence-corrected chi connectivity index (χ4v) is 3.15. The van der Waals surface area contributed by atoms with E-state index in [1.54, 1.807) is 13.8 Å². The Morgan fingerprint density at radius 1 is 1.36 bits per heavy atom. The van der Waals surface area contributed by atoms with Crippen LogP contribution in [0.15, 0.2) is 24.3 Å². The Morgan fingerprint density at radius 2 is 2.08 bits per heavy atom. The summed E-state index contributed by atoms with van der Waals surface area (Å²) in [7, 11) is 0. The quantitative estimate of drug-likeness (QED) is 0.849. The minimum atomic E-state index is -0.986. The second-order valence-corrected chi connectivity index (χ2v) is 6.94. The minimum absolute atomic E-state index is 0.273. The first-order chi connectivity index (χ1) is 11.8. The summed E-state index contributed by atoms with van der Waals surface area (Å²) >= 11 is 0. The van der Waals surface area contributed by atoms with Crippen molar-refractivity contribution >= 4 is 5.91 Å². The molecular formula is C18H25NO6. The molecule has 1 amide bonds. The van der Waals surface area contributed by atoms with Crippen molar-refractivity contribution in [2.45, 2.75) is 64.1 Å². The molecule has 2 aliphatic heterocycles. The van der Waals surface area contributed by atoms with Crippen LogP contribution in [-0.2, 0) is 19.0 Å². The SMILES string of the molecule is CC(=O)NC1C(Oc2ccccc2C)OC2COC(C)(C)OC2C1O. The van der Waals surface area contributed by atoms with Crippen LogP contribution in [0.3, 0.4) is 0 Å². The summed E-state index contributed by atoms with van der Waals surface area (Å²) in [6, 6.07) is 6.74. The van der Waals surface area contributed by atoms with Gasteiger partial charge < -0.3 is 29.4 Å². The van der Waals surface area contributed by atoms with E-state index in [0.29, 0.717) is 5.75 Å². The highest BCUT2D eigenvalue weighted by Crippen LogP contribution is 2.33. The first kappa shape index (κ1) is 18.1. The Labute approximate surface area is 147 Å². The Hall–Kier alpha value is -1.67. The molecule has 2 heterocycles. The summed E-state index contributed by atoms with van der Waals surface area (Å²) in [5.41, 5.74) is 0.932. The van der Waals surface area contributed by atoms with Crippen LogP contribution < -0.4 is 10.1 Å². The van der Waals surface area contributed by atoms with Crippen molar-refractivity contribution in [1.29, 1.82) is 0 Å². The molecule has 0 saturated carbocycles. The van der Waals surface area contributed by atoms with Crippen LogP contribution in [0.1, 0.15) is 26.3 Å². The summed E-state index contributed by atoms with van der Waals surface area (Å²) in [6.07, 6.45) is -2.94. The third kappa shape index (κ3) is 3.95. The maximum atomic E-state index is 11.6. The second-order valence-electron chi connectivity index (χ2n) is 6.94. The highest BCUT2D eigenvalue weighted by molar-refractivity contribution is 5.73. The van der Waals surface area contributed by atoms with Crippen molar-refractivity contribution in [3.63, 3.8) is 0 Å². The van der Waals surface area contributed by atoms with Crippen LogP contribution in [-0.4, -0.2) is 54.1 Å². The average Bonchev–Trinajstić information content (AvgIpc) is 2.53. The van der Waals surface area contributed by atoms with Gasteiger partial charge in [-0.1, -0.05) is 18.2 Å². The molecular weight excluding hydrogens is 326 g/mol. The average molecular weight is 351 g/mol. The zero-order chi connectivity index (χ0) is 18.2. The lowest BCUT2D eigenvalue weighted by molar-refractivity contribution is -0.361. The lowest BCUT2D eigenvalue weighted by atomic mass is 9.95. The molecule has 2 saturated heterocycles. The van der Waals surface area contributed by atoms with Crippen molar-refractivity contribution in [2.24, 2.45) is 0 Å². The molecule has 0 radical (unpaired) electrons. The zero-order valence-electron chi connectivity index (χ0n) is 14.9. The summed E-state index contributed by atoms with van der Waals surface area (Å²) < 4.78 is 23.4. The van der Waals surface area contributed by atoms with Gasteiger partial charge in [0.2, 0.25) is 12.2 Å². The number of hydrogen-bond donors (Lipinski definition) is 2. The van der Waals surface area contributed by atoms with Crippen LogP contribution in [0.2, 0.25) is 0 Å². The maximum absolute atomic E-state index is 11.6. The van der Waals surface area contributed by atoms with E-state index in [0.717, 1.165) is 5.56 Å². The molecule has 0 spiro atoms. The number of aliphatic hydroxyl groups is 1. The van der Waals surface area contributed by atoms with Gasteiger partial charge in [-0.25, -0.2) is 0 Å². The summed E-state index contributed by atoms with van der Waals surface area (Å²) in [4.78, 5) is 11.6. The van der Waals surface area contributed by atoms with Gasteiger partial charge in [-0.15, -0.1) is 0 Å². The first-order valence-electron chi connectivity index (χ1n) is 8.41. The normalized spacial score (nSPS) is 34.0. The van der Waals surface area contributed by atoms with Gasteiger partial charge in [0.1, 0.15) is 30.1 Å². The van der Waals surface area contributed by atoms with Gasteiger partial charge in [0, 0.05) is 6.92 Å². The van der Waals surface area contributed by atoms with Crippen molar-refractivity contribution in [1.82, 2.24) is 5.32 Å². The van der Waals surface area contributed by atoms with E-state index < -0.39 is 36.4 Å². The van der Waals surface area contributed by atoms with Crippen LogP contribution in [0.4, 0.5) is 0 Å². The number of aliphatic hydroxyl groups excluding tert-OH is 1. The predicted molar refractivity (Wildman–Crippen MR) is 89.0 cm³/mol. The van der Waals surface area contributed by atoms with E-state index in [1.807, 2.05) is 31.2 Å². The lowest BCUT2D eigenvalue weighted by Gasteiger charge is -2.49. The number of rotatable bonds is 3. The molecule has 0 aromatic heterocycles. The second kappa shape index (κ2) is 6.92. The number of aryl methyl sites for hydroxylation is 1. The monoisotopic (exact) mass is 351 g/mol. The number of ether oxygens (including phenoxy) is 4. The summed E-state index contributed by atoms with van der Waals surface area (Å²) in [6.45, 7) is 7.13. The molecule has 3 rings (SSSR count). The van der Waals surface area contributed by atoms with Crippen LogP contribution >= 0.6 is 0 Å². The van der Waals surface area contributed by atoms with Crippen molar-refractivity contribution in [3.8, 4) is 5.75 Å². The fourth-order valence-electron chi connectivity index (χ4n) is 3.15. The molecule has 7 heteroatoms. The van der Waals surface area contributed by atoms with E-state index >= 15 is 0 Å². The molecule has 2 fully saturated rings. The van der Waals surface area contributed by atoms with Crippen molar-refractivity contribution in [3.05, 3.63) is 29.8 Å². The van der Waals surface area contributed by atoms with E-state index in [-0.39, 0.29) is 12.5 Å². The summed E-state index contributed by atoms with van der Waals surface area (Å²) in [5, 5.41) is 13.5. The number of benzene rings is 1. The summed E-state index contributed by atoms with van der Waals surface area (Å²) in [5.74, 6) is -0.474. The Balaban J connectivity index is 1.83. The third-order valence-electron chi connectivity index (χ3n) is 4.39. The smallest absolute Gasteiger partial charge is 0.223 e. The van der Waals surface area contributed by atoms with Gasteiger partial charge in [-0.2, -0.15) is 0 Å². The molecule has 25 heavy (non-hydrogen) atoms. The highest BCUT2D eigenvalue weighted by Gasteiger charge is 2.52. The fraction of sp³-hybridized carbons (Fsp3) is 0.611. The highest BCUT2D eigenvalue weighted by atomic mass is 16.8. The molecule has 5 unspecified atom stereocenters. The van der Waals surface area contributed by atoms with E-state index in [9.17, 15) is 9.90 Å². The minimum Gasteiger partial charge on any atom is -0.462 e. The van der Waals surface area contributed by atoms with E-state index in [1.165, 1.54) is 6.92 Å². The molecule has 1 aromatic carbocycles. The molecule has 0 bridgehead atoms. The molecule has 7 nitrogen and oxygen atoms in total. The zero-order valence-corrected chi connectivity index (χ0v) is 14.9. The van der Waals surface area contributed by atoms with E-state index in [2.05, 4.69) is 5.32 Å². The number of carbonyl (C=O) groups excluding carboxylic acids is 1. The lowest BCUT2D eigenvalue weighted by Crippen LogP contribution is -2.69. The number of amides is 1. The van der Waals surface area contributed by atoms with Gasteiger partial charge in [0.25, 0.3) is 0 Å². The largest absolute Gasteiger partial charge is 0.462 e. The predicted octanol–water partition coefficient (Wildman–Crippen LogP) is 1.12.